The van der Waals surface area contributed by atoms with E-state index < -0.39 is 5.60 Å². The van der Waals surface area contributed by atoms with Crippen LogP contribution in [0.1, 0.15) is 32.8 Å². The fourth-order valence-corrected chi connectivity index (χ4v) is 1.33. The van der Waals surface area contributed by atoms with Crippen LogP contribution < -0.4 is 4.74 Å². The molecule has 0 amide bonds. The van der Waals surface area contributed by atoms with Crippen molar-refractivity contribution in [2.75, 3.05) is 6.61 Å². The van der Waals surface area contributed by atoms with Gasteiger partial charge in [-0.3, -0.25) is 4.79 Å². The first kappa shape index (κ1) is 13.7. The molecule has 1 aromatic rings. The number of ketones is 1. The van der Waals surface area contributed by atoms with E-state index in [0.29, 0.717) is 18.6 Å². The normalized spacial score (nSPS) is 14.1. The third-order valence-corrected chi connectivity index (χ3v) is 2.69. The summed E-state index contributed by atoms with van der Waals surface area (Å²) in [5, 5.41) is 9.79. The monoisotopic (exact) mass is 236 g/mol. The third kappa shape index (κ3) is 5.00. The first-order chi connectivity index (χ1) is 7.93. The highest BCUT2D eigenvalue weighted by atomic mass is 16.5. The molecule has 1 rings (SSSR count). The molecule has 0 bridgehead atoms. The second kappa shape index (κ2) is 5.82. The van der Waals surface area contributed by atoms with Crippen molar-refractivity contribution in [3.8, 4) is 5.75 Å². The lowest BCUT2D eigenvalue weighted by atomic mass is 10.1. The summed E-state index contributed by atoms with van der Waals surface area (Å²) in [5.74, 6) is 0.860. The average molecular weight is 236 g/mol. The van der Waals surface area contributed by atoms with Gasteiger partial charge in [0.05, 0.1) is 5.60 Å². The van der Waals surface area contributed by atoms with Crippen LogP contribution in [0, 0.1) is 0 Å². The van der Waals surface area contributed by atoms with E-state index in [1.807, 2.05) is 31.2 Å². The van der Waals surface area contributed by atoms with E-state index in [9.17, 15) is 9.90 Å². The van der Waals surface area contributed by atoms with Crippen molar-refractivity contribution in [1.82, 2.24) is 0 Å². The minimum absolute atomic E-state index is 0.146. The van der Waals surface area contributed by atoms with Crippen LogP contribution in [0.5, 0.6) is 5.75 Å². The second-order valence-electron chi connectivity index (χ2n) is 4.66. The zero-order valence-corrected chi connectivity index (χ0v) is 10.7. The Morgan fingerprint density at radius 3 is 2.41 bits per heavy atom. The molecule has 1 atom stereocenters. The van der Waals surface area contributed by atoms with Crippen molar-refractivity contribution in [3.63, 3.8) is 0 Å². The molecule has 0 aliphatic carbocycles. The summed E-state index contributed by atoms with van der Waals surface area (Å²) < 4.78 is 5.49. The van der Waals surface area contributed by atoms with E-state index in [2.05, 4.69) is 0 Å². The van der Waals surface area contributed by atoms with Crippen LogP contribution in [0.3, 0.4) is 0 Å². The molecule has 0 radical (unpaired) electrons. The van der Waals surface area contributed by atoms with Crippen molar-refractivity contribution in [3.05, 3.63) is 29.8 Å². The number of Topliss-reactive ketones (excluding diaryl/α,β-unsaturated/α-hetero) is 1. The topological polar surface area (TPSA) is 46.5 Å². The summed E-state index contributed by atoms with van der Waals surface area (Å²) >= 11 is 0. The predicted molar refractivity (Wildman–Crippen MR) is 67.2 cm³/mol. The standard InChI is InChI=1S/C14H20O3/c1-4-14(3,16)10-17-13-7-5-12(6-8-13)9-11(2)15/h5-8,16H,4,9-10H2,1-3H3. The highest BCUT2D eigenvalue weighted by molar-refractivity contribution is 5.78. The molecule has 0 heterocycles. The highest BCUT2D eigenvalue weighted by Gasteiger charge is 2.18. The summed E-state index contributed by atoms with van der Waals surface area (Å²) in [6.45, 7) is 5.51. The van der Waals surface area contributed by atoms with Crippen LogP contribution in [-0.2, 0) is 11.2 Å². The molecule has 17 heavy (non-hydrogen) atoms. The fraction of sp³-hybridized carbons (Fsp3) is 0.500. The molecule has 0 saturated carbocycles. The molecule has 1 unspecified atom stereocenters. The molecule has 0 saturated heterocycles. The van der Waals surface area contributed by atoms with Gasteiger partial charge < -0.3 is 9.84 Å². The Morgan fingerprint density at radius 2 is 1.94 bits per heavy atom. The van der Waals surface area contributed by atoms with Gasteiger partial charge in [0.1, 0.15) is 18.1 Å². The van der Waals surface area contributed by atoms with Gasteiger partial charge in [0.15, 0.2) is 0 Å². The SMILES string of the molecule is CCC(C)(O)COc1ccc(CC(C)=O)cc1. The van der Waals surface area contributed by atoms with Crippen LogP contribution in [0.4, 0.5) is 0 Å². The maximum absolute atomic E-state index is 10.9. The van der Waals surface area contributed by atoms with E-state index in [1.165, 1.54) is 0 Å². The second-order valence-corrected chi connectivity index (χ2v) is 4.66. The molecule has 3 nitrogen and oxygen atoms in total. The summed E-state index contributed by atoms with van der Waals surface area (Å²) in [6, 6.07) is 7.39. The van der Waals surface area contributed by atoms with Crippen LogP contribution in [0.2, 0.25) is 0 Å². The molecular formula is C14H20O3. The largest absolute Gasteiger partial charge is 0.491 e. The Kier molecular flexibility index (Phi) is 4.70. The quantitative estimate of drug-likeness (QED) is 0.824. The van der Waals surface area contributed by atoms with Crippen LogP contribution >= 0.6 is 0 Å². The van der Waals surface area contributed by atoms with Crippen LogP contribution in [0.15, 0.2) is 24.3 Å². The van der Waals surface area contributed by atoms with Gasteiger partial charge in [-0.2, -0.15) is 0 Å². The minimum atomic E-state index is -0.794. The Balaban J connectivity index is 2.54. The van der Waals surface area contributed by atoms with Gasteiger partial charge in [0.2, 0.25) is 0 Å². The van der Waals surface area contributed by atoms with Crippen molar-refractivity contribution < 1.29 is 14.6 Å². The number of aliphatic hydroxyl groups is 1. The van der Waals surface area contributed by atoms with Gasteiger partial charge in [-0.15, -0.1) is 0 Å². The molecule has 1 aromatic carbocycles. The molecule has 94 valence electrons. The van der Waals surface area contributed by atoms with E-state index in [1.54, 1.807) is 13.8 Å². The van der Waals surface area contributed by atoms with Crippen LogP contribution in [0.25, 0.3) is 0 Å². The van der Waals surface area contributed by atoms with E-state index in [-0.39, 0.29) is 12.4 Å². The van der Waals surface area contributed by atoms with Crippen molar-refractivity contribution in [1.29, 1.82) is 0 Å². The maximum atomic E-state index is 10.9. The van der Waals surface area contributed by atoms with Gasteiger partial charge in [-0.1, -0.05) is 19.1 Å². The Bertz CT molecular complexity index is 366. The van der Waals surface area contributed by atoms with Crippen molar-refractivity contribution >= 4 is 5.78 Å². The Morgan fingerprint density at radius 1 is 1.35 bits per heavy atom. The van der Waals surface area contributed by atoms with E-state index in [4.69, 9.17) is 4.74 Å². The number of rotatable bonds is 6. The lowest BCUT2D eigenvalue weighted by Crippen LogP contribution is -2.31. The van der Waals surface area contributed by atoms with E-state index >= 15 is 0 Å². The zero-order valence-electron chi connectivity index (χ0n) is 10.7. The average Bonchev–Trinajstić information content (AvgIpc) is 2.28. The number of benzene rings is 1. The first-order valence-corrected chi connectivity index (χ1v) is 5.86. The molecule has 0 spiro atoms. The molecular weight excluding hydrogens is 216 g/mol. The summed E-state index contributed by atoms with van der Waals surface area (Å²) in [7, 11) is 0. The molecule has 0 aliphatic heterocycles. The van der Waals surface area contributed by atoms with Crippen molar-refractivity contribution in [2.24, 2.45) is 0 Å². The summed E-state index contributed by atoms with van der Waals surface area (Å²) in [4.78, 5) is 10.9. The van der Waals surface area contributed by atoms with Gasteiger partial charge in [-0.05, 0) is 38.0 Å². The van der Waals surface area contributed by atoms with Gasteiger partial charge in [-0.25, -0.2) is 0 Å². The third-order valence-electron chi connectivity index (χ3n) is 2.69. The number of carbonyl (C=O) groups is 1. The maximum Gasteiger partial charge on any atom is 0.134 e. The number of ether oxygens (including phenoxy) is 1. The smallest absolute Gasteiger partial charge is 0.134 e. The predicted octanol–water partition coefficient (Wildman–Crippen LogP) is 2.36. The van der Waals surface area contributed by atoms with Gasteiger partial charge in [0.25, 0.3) is 0 Å². The highest BCUT2D eigenvalue weighted by Crippen LogP contribution is 2.16. The number of carbonyl (C=O) groups excluding carboxylic acids is 1. The molecule has 0 aliphatic rings. The molecule has 0 fully saturated rings. The summed E-state index contributed by atoms with van der Waals surface area (Å²) in [5.41, 5.74) is 0.185. The minimum Gasteiger partial charge on any atom is -0.491 e. The fourth-order valence-electron chi connectivity index (χ4n) is 1.33. The number of hydrogen-bond donors (Lipinski definition) is 1. The Labute approximate surface area is 102 Å². The van der Waals surface area contributed by atoms with Crippen molar-refractivity contribution in [2.45, 2.75) is 39.2 Å². The first-order valence-electron chi connectivity index (χ1n) is 5.86. The molecule has 3 heteroatoms. The molecule has 0 aromatic heterocycles. The zero-order chi connectivity index (χ0) is 12.9. The number of hydrogen-bond acceptors (Lipinski definition) is 3. The summed E-state index contributed by atoms with van der Waals surface area (Å²) in [6.07, 6.45) is 1.10. The van der Waals surface area contributed by atoms with Gasteiger partial charge >= 0.3 is 0 Å². The van der Waals surface area contributed by atoms with Gasteiger partial charge in [0, 0.05) is 6.42 Å². The molecule has 1 N–H and O–H groups in total. The lowest BCUT2D eigenvalue weighted by Gasteiger charge is -2.21. The Hall–Kier alpha value is -1.35. The van der Waals surface area contributed by atoms with Crippen LogP contribution in [-0.4, -0.2) is 23.1 Å². The van der Waals surface area contributed by atoms with E-state index in [0.717, 1.165) is 5.56 Å². The lowest BCUT2D eigenvalue weighted by molar-refractivity contribution is -0.116.